The Morgan fingerprint density at radius 2 is 1.88 bits per heavy atom. The maximum absolute atomic E-state index is 12.5. The standard InChI is InChI=1S/C19H26O7/c1-24-12-25-17-9-5-3-7-14(17)19(23)26-13-6-2-4-8-15(20)18(22)16(21)11-10-13/h3,5,7,9,13,15,18,20,22H,2,4,6,8,10-12H2,1H3. The fourth-order valence-electron chi connectivity index (χ4n) is 2.91. The lowest BCUT2D eigenvalue weighted by atomic mass is 9.95. The predicted molar refractivity (Wildman–Crippen MR) is 92.9 cm³/mol. The van der Waals surface area contributed by atoms with E-state index in [4.69, 9.17) is 14.2 Å². The van der Waals surface area contributed by atoms with E-state index in [0.717, 1.165) is 6.42 Å². The zero-order valence-electron chi connectivity index (χ0n) is 14.9. The summed E-state index contributed by atoms with van der Waals surface area (Å²) in [5.74, 6) is -0.579. The van der Waals surface area contributed by atoms with Crippen LogP contribution < -0.4 is 4.74 Å². The maximum atomic E-state index is 12.5. The molecule has 0 heterocycles. The molecule has 0 saturated heterocycles. The number of esters is 1. The van der Waals surface area contributed by atoms with Gasteiger partial charge in [0.1, 0.15) is 23.5 Å². The van der Waals surface area contributed by atoms with Gasteiger partial charge in [0.2, 0.25) is 0 Å². The molecule has 2 N–H and O–H groups in total. The summed E-state index contributed by atoms with van der Waals surface area (Å²) in [5, 5.41) is 19.5. The van der Waals surface area contributed by atoms with Crippen molar-refractivity contribution in [1.82, 2.24) is 0 Å². The van der Waals surface area contributed by atoms with E-state index >= 15 is 0 Å². The van der Waals surface area contributed by atoms with Crippen LogP contribution in [0.2, 0.25) is 0 Å². The molecule has 2 rings (SSSR count). The van der Waals surface area contributed by atoms with Crippen LogP contribution in [-0.4, -0.2) is 54.2 Å². The highest BCUT2D eigenvalue weighted by atomic mass is 16.7. The number of hydrogen-bond acceptors (Lipinski definition) is 7. The van der Waals surface area contributed by atoms with Crippen LogP contribution in [0.4, 0.5) is 0 Å². The van der Waals surface area contributed by atoms with E-state index in [0.29, 0.717) is 37.0 Å². The molecule has 1 fully saturated rings. The number of Topliss-reactive ketones (excluding diaryl/α,β-unsaturated/α-hetero) is 1. The Balaban J connectivity index is 2.02. The highest BCUT2D eigenvalue weighted by Crippen LogP contribution is 2.23. The number of aliphatic hydroxyl groups excluding tert-OH is 2. The number of rotatable bonds is 5. The fourth-order valence-corrected chi connectivity index (χ4v) is 2.91. The molecule has 0 spiro atoms. The normalized spacial score (nSPS) is 24.7. The van der Waals surface area contributed by atoms with Crippen molar-refractivity contribution in [3.8, 4) is 5.75 Å². The molecule has 7 nitrogen and oxygen atoms in total. The number of ether oxygens (including phenoxy) is 3. The van der Waals surface area contributed by atoms with Crippen LogP contribution >= 0.6 is 0 Å². The summed E-state index contributed by atoms with van der Waals surface area (Å²) in [7, 11) is 1.49. The Labute approximate surface area is 152 Å². The van der Waals surface area contributed by atoms with Crippen LogP contribution in [0.1, 0.15) is 48.9 Å². The first-order valence-electron chi connectivity index (χ1n) is 8.83. The first kappa shape index (κ1) is 20.4. The van der Waals surface area contributed by atoms with Gasteiger partial charge in [-0.25, -0.2) is 4.79 Å². The SMILES string of the molecule is COCOc1ccccc1C(=O)OC1CCCCC(O)C(O)C(=O)CC1. The number of para-hydroxylation sites is 1. The molecule has 1 saturated carbocycles. The van der Waals surface area contributed by atoms with Gasteiger partial charge in [-0.3, -0.25) is 4.79 Å². The lowest BCUT2D eigenvalue weighted by molar-refractivity contribution is -0.134. The van der Waals surface area contributed by atoms with Crippen LogP contribution in [0, 0.1) is 0 Å². The molecule has 0 bridgehead atoms. The second-order valence-corrected chi connectivity index (χ2v) is 6.38. The lowest BCUT2D eigenvalue weighted by Crippen LogP contribution is -2.35. The van der Waals surface area contributed by atoms with Crippen molar-refractivity contribution in [2.75, 3.05) is 13.9 Å². The van der Waals surface area contributed by atoms with Crippen molar-refractivity contribution in [2.24, 2.45) is 0 Å². The zero-order valence-corrected chi connectivity index (χ0v) is 14.9. The fraction of sp³-hybridized carbons (Fsp3) is 0.579. The van der Waals surface area contributed by atoms with Crippen LogP contribution in [0.5, 0.6) is 5.75 Å². The minimum atomic E-state index is -1.37. The predicted octanol–water partition coefficient (Wildman–Crippen LogP) is 1.84. The Morgan fingerprint density at radius 1 is 1.15 bits per heavy atom. The van der Waals surface area contributed by atoms with Crippen molar-refractivity contribution in [2.45, 2.75) is 56.8 Å². The van der Waals surface area contributed by atoms with Crippen LogP contribution in [-0.2, 0) is 14.3 Å². The molecule has 1 aliphatic carbocycles. The van der Waals surface area contributed by atoms with Crippen molar-refractivity contribution in [3.05, 3.63) is 29.8 Å². The summed E-state index contributed by atoms with van der Waals surface area (Å²) in [6.07, 6.45) is -0.119. The molecule has 26 heavy (non-hydrogen) atoms. The van der Waals surface area contributed by atoms with Gasteiger partial charge in [-0.2, -0.15) is 0 Å². The van der Waals surface area contributed by atoms with Crippen molar-refractivity contribution in [1.29, 1.82) is 0 Å². The Hall–Kier alpha value is -1.96. The van der Waals surface area contributed by atoms with Crippen molar-refractivity contribution in [3.63, 3.8) is 0 Å². The van der Waals surface area contributed by atoms with Crippen LogP contribution in [0.15, 0.2) is 24.3 Å². The Bertz CT molecular complexity index is 601. The summed E-state index contributed by atoms with van der Waals surface area (Å²) in [4.78, 5) is 24.5. The number of aliphatic hydroxyl groups is 2. The van der Waals surface area contributed by atoms with E-state index < -0.39 is 30.1 Å². The van der Waals surface area contributed by atoms with E-state index in [2.05, 4.69) is 0 Å². The largest absolute Gasteiger partial charge is 0.467 e. The molecule has 1 aromatic rings. The molecule has 0 amide bonds. The number of carbonyl (C=O) groups excluding carboxylic acids is 2. The first-order chi connectivity index (χ1) is 12.5. The topological polar surface area (TPSA) is 102 Å². The van der Waals surface area contributed by atoms with Gasteiger partial charge >= 0.3 is 5.97 Å². The van der Waals surface area contributed by atoms with E-state index in [1.165, 1.54) is 7.11 Å². The Kier molecular flexibility index (Phi) is 8.03. The van der Waals surface area contributed by atoms with Crippen molar-refractivity contribution >= 4 is 11.8 Å². The minimum absolute atomic E-state index is 0.0163. The van der Waals surface area contributed by atoms with E-state index in [9.17, 15) is 19.8 Å². The van der Waals surface area contributed by atoms with Crippen LogP contribution in [0.25, 0.3) is 0 Å². The van der Waals surface area contributed by atoms with Gasteiger partial charge < -0.3 is 24.4 Å². The van der Waals surface area contributed by atoms with Gasteiger partial charge in [0.05, 0.1) is 6.10 Å². The number of ketones is 1. The second-order valence-electron chi connectivity index (χ2n) is 6.38. The number of carbonyl (C=O) groups is 2. The van der Waals surface area contributed by atoms with E-state index in [-0.39, 0.29) is 13.2 Å². The summed E-state index contributed by atoms with van der Waals surface area (Å²) in [6.45, 7) is 0.0163. The average molecular weight is 366 g/mol. The maximum Gasteiger partial charge on any atom is 0.342 e. The second kappa shape index (κ2) is 10.3. The quantitative estimate of drug-likeness (QED) is 0.605. The summed E-state index contributed by atoms with van der Waals surface area (Å²) in [5.41, 5.74) is 0.295. The van der Waals surface area contributed by atoms with E-state index in [1.807, 2.05) is 0 Å². The Morgan fingerprint density at radius 3 is 2.65 bits per heavy atom. The summed E-state index contributed by atoms with van der Waals surface area (Å²) >= 11 is 0. The molecule has 1 aromatic carbocycles. The smallest absolute Gasteiger partial charge is 0.342 e. The third kappa shape index (κ3) is 5.79. The zero-order chi connectivity index (χ0) is 18.9. The molecular formula is C19H26O7. The lowest BCUT2D eigenvalue weighted by Gasteiger charge is -2.23. The third-order valence-electron chi connectivity index (χ3n) is 4.40. The molecular weight excluding hydrogens is 340 g/mol. The van der Waals surface area contributed by atoms with E-state index in [1.54, 1.807) is 24.3 Å². The van der Waals surface area contributed by atoms with Gasteiger partial charge in [-0.1, -0.05) is 18.6 Å². The molecule has 0 radical (unpaired) electrons. The molecule has 7 heteroatoms. The van der Waals surface area contributed by atoms with Gasteiger partial charge in [0.25, 0.3) is 0 Å². The molecule has 0 aromatic heterocycles. The number of hydrogen-bond donors (Lipinski definition) is 2. The van der Waals surface area contributed by atoms with Gasteiger partial charge in [-0.15, -0.1) is 0 Å². The number of benzene rings is 1. The van der Waals surface area contributed by atoms with Crippen LogP contribution in [0.3, 0.4) is 0 Å². The summed E-state index contributed by atoms with van der Waals surface area (Å²) in [6, 6.07) is 6.73. The highest BCUT2D eigenvalue weighted by Gasteiger charge is 2.27. The van der Waals surface area contributed by atoms with Gasteiger partial charge in [0, 0.05) is 13.5 Å². The molecule has 144 valence electrons. The summed E-state index contributed by atoms with van der Waals surface area (Å²) < 4.78 is 15.8. The monoisotopic (exact) mass is 366 g/mol. The third-order valence-corrected chi connectivity index (χ3v) is 4.40. The molecule has 3 atom stereocenters. The number of methoxy groups -OCH3 is 1. The van der Waals surface area contributed by atoms with Gasteiger partial charge in [-0.05, 0) is 37.8 Å². The molecule has 3 unspecified atom stereocenters. The highest BCUT2D eigenvalue weighted by molar-refractivity contribution is 5.92. The molecule has 1 aliphatic rings. The first-order valence-corrected chi connectivity index (χ1v) is 8.83. The molecule has 0 aliphatic heterocycles. The van der Waals surface area contributed by atoms with Gasteiger partial charge in [0.15, 0.2) is 12.6 Å². The minimum Gasteiger partial charge on any atom is -0.467 e. The average Bonchev–Trinajstić information content (AvgIpc) is 2.65. The van der Waals surface area contributed by atoms with Crippen molar-refractivity contribution < 1.29 is 34.0 Å².